The molecule has 7 heteroatoms. The van der Waals surface area contributed by atoms with Crippen molar-refractivity contribution in [3.63, 3.8) is 0 Å². The summed E-state index contributed by atoms with van der Waals surface area (Å²) in [5, 5.41) is 4.43. The molecular formula is C46H27N5OS. The molecule has 6 nitrogen and oxygen atoms in total. The number of aromatic nitrogens is 5. The van der Waals surface area contributed by atoms with E-state index in [-0.39, 0.29) is 0 Å². The summed E-state index contributed by atoms with van der Waals surface area (Å²) in [5.74, 6) is 2.75. The third-order valence-corrected chi connectivity index (χ3v) is 11.0. The zero-order chi connectivity index (χ0) is 34.9. The first kappa shape index (κ1) is 29.7. The van der Waals surface area contributed by atoms with E-state index in [1.54, 1.807) is 11.3 Å². The van der Waals surface area contributed by atoms with Crippen molar-refractivity contribution >= 4 is 64.5 Å². The summed E-state index contributed by atoms with van der Waals surface area (Å²) >= 11 is 1.77. The van der Waals surface area contributed by atoms with E-state index in [0.29, 0.717) is 17.5 Å². The van der Waals surface area contributed by atoms with Gasteiger partial charge in [0, 0.05) is 58.9 Å². The van der Waals surface area contributed by atoms with Gasteiger partial charge in [0.1, 0.15) is 17.0 Å². The van der Waals surface area contributed by atoms with Crippen LogP contribution in [0.25, 0.3) is 104 Å². The Bertz CT molecular complexity index is 3180. The van der Waals surface area contributed by atoms with Gasteiger partial charge in [-0.1, -0.05) is 109 Å². The van der Waals surface area contributed by atoms with E-state index in [4.69, 9.17) is 24.4 Å². The fraction of sp³-hybridized carbons (Fsp3) is 0. The number of para-hydroxylation sites is 4. The molecule has 11 rings (SSSR count). The summed E-state index contributed by atoms with van der Waals surface area (Å²) in [4.78, 5) is 20.4. The zero-order valence-electron chi connectivity index (χ0n) is 28.1. The van der Waals surface area contributed by atoms with Crippen molar-refractivity contribution in [1.29, 1.82) is 0 Å². The van der Waals surface area contributed by atoms with Crippen LogP contribution in [-0.2, 0) is 0 Å². The van der Waals surface area contributed by atoms with Crippen LogP contribution in [0.5, 0.6) is 0 Å². The van der Waals surface area contributed by atoms with Crippen molar-refractivity contribution in [3.05, 3.63) is 164 Å². The molecule has 0 bridgehead atoms. The third-order valence-electron chi connectivity index (χ3n) is 9.88. The molecule has 0 N–H and O–H groups in total. The second kappa shape index (κ2) is 11.8. The molecule has 0 amide bonds. The highest BCUT2D eigenvalue weighted by Gasteiger charge is 2.20. The molecular weight excluding hydrogens is 671 g/mol. The van der Waals surface area contributed by atoms with Crippen molar-refractivity contribution < 1.29 is 4.42 Å². The van der Waals surface area contributed by atoms with Crippen molar-refractivity contribution in [1.82, 2.24) is 24.5 Å². The van der Waals surface area contributed by atoms with E-state index in [1.807, 2.05) is 66.7 Å². The number of hydrogen-bond acceptors (Lipinski definition) is 6. The maximum Gasteiger partial charge on any atom is 0.164 e. The van der Waals surface area contributed by atoms with Gasteiger partial charge in [-0.2, -0.15) is 0 Å². The van der Waals surface area contributed by atoms with Gasteiger partial charge in [0.2, 0.25) is 0 Å². The number of hydrogen-bond donors (Lipinski definition) is 0. The number of rotatable bonds is 5. The Morgan fingerprint density at radius 1 is 0.453 bits per heavy atom. The molecule has 0 aliphatic heterocycles. The summed E-state index contributed by atoms with van der Waals surface area (Å²) in [6.07, 6.45) is 0. The number of benzene rings is 7. The highest BCUT2D eigenvalue weighted by atomic mass is 32.1. The van der Waals surface area contributed by atoms with Crippen LogP contribution in [-0.4, -0.2) is 24.5 Å². The molecule has 0 aliphatic carbocycles. The molecule has 0 spiro atoms. The van der Waals surface area contributed by atoms with E-state index in [9.17, 15) is 0 Å². The van der Waals surface area contributed by atoms with Crippen molar-refractivity contribution in [3.8, 4) is 51.2 Å². The average molecular weight is 698 g/mol. The van der Waals surface area contributed by atoms with Gasteiger partial charge < -0.3 is 4.42 Å². The van der Waals surface area contributed by atoms with E-state index >= 15 is 0 Å². The lowest BCUT2D eigenvalue weighted by Crippen LogP contribution is -2.00. The van der Waals surface area contributed by atoms with Crippen molar-refractivity contribution in [2.24, 2.45) is 0 Å². The van der Waals surface area contributed by atoms with Gasteiger partial charge in [-0.25, -0.2) is 19.9 Å². The number of nitrogens with zero attached hydrogens (tertiary/aromatic N) is 5. The lowest BCUT2D eigenvalue weighted by atomic mass is 10.0. The first-order valence-corrected chi connectivity index (χ1v) is 18.3. The van der Waals surface area contributed by atoms with Gasteiger partial charge >= 0.3 is 0 Å². The van der Waals surface area contributed by atoms with E-state index < -0.39 is 0 Å². The molecule has 248 valence electrons. The van der Waals surface area contributed by atoms with Crippen LogP contribution in [0, 0.1) is 0 Å². The standard InChI is InChI=1S/C46H27N5OS/c1-3-12-28(13-4-1)43-48-44(29-22-24-33-32-16-7-10-20-38(32)52-39(33)26-29)50-45(49-43)35-17-11-21-40-42(35)34-25-23-30(27-41(34)53-40)46-47-36-18-8-9-19-37(36)51(46)31-14-5-2-6-15-31/h1-27H. The summed E-state index contributed by atoms with van der Waals surface area (Å²) in [6, 6.07) is 56.2. The van der Waals surface area contributed by atoms with E-state index in [2.05, 4.69) is 102 Å². The van der Waals surface area contributed by atoms with Crippen LogP contribution >= 0.6 is 11.3 Å². The summed E-state index contributed by atoms with van der Waals surface area (Å²) < 4.78 is 10.8. The van der Waals surface area contributed by atoms with Gasteiger partial charge in [0.05, 0.1) is 11.0 Å². The molecule has 4 aromatic heterocycles. The molecule has 11 aromatic rings. The highest BCUT2D eigenvalue weighted by molar-refractivity contribution is 7.26. The van der Waals surface area contributed by atoms with Crippen LogP contribution in [0.1, 0.15) is 0 Å². The lowest BCUT2D eigenvalue weighted by molar-refractivity contribution is 0.669. The number of fused-ring (bicyclic) bond motifs is 7. The molecule has 0 saturated carbocycles. The summed E-state index contributed by atoms with van der Waals surface area (Å²) in [6.45, 7) is 0. The Hall–Kier alpha value is -6.96. The molecule has 7 aromatic carbocycles. The molecule has 0 atom stereocenters. The molecule has 4 heterocycles. The maximum absolute atomic E-state index is 6.26. The van der Waals surface area contributed by atoms with Crippen LogP contribution in [0.15, 0.2) is 168 Å². The fourth-order valence-electron chi connectivity index (χ4n) is 7.42. The highest BCUT2D eigenvalue weighted by Crippen LogP contribution is 2.42. The Labute approximate surface area is 307 Å². The molecule has 0 saturated heterocycles. The summed E-state index contributed by atoms with van der Waals surface area (Å²) in [7, 11) is 0. The van der Waals surface area contributed by atoms with Crippen molar-refractivity contribution in [2.45, 2.75) is 0 Å². The predicted octanol–water partition coefficient (Wildman–Crippen LogP) is 12.1. The number of imidazole rings is 1. The van der Waals surface area contributed by atoms with Crippen LogP contribution in [0.2, 0.25) is 0 Å². The number of thiophene rings is 1. The van der Waals surface area contributed by atoms with Gasteiger partial charge in [-0.15, -0.1) is 11.3 Å². The Morgan fingerprint density at radius 3 is 2.04 bits per heavy atom. The molecule has 0 radical (unpaired) electrons. The van der Waals surface area contributed by atoms with Crippen LogP contribution < -0.4 is 0 Å². The van der Waals surface area contributed by atoms with Crippen LogP contribution in [0.4, 0.5) is 0 Å². The van der Waals surface area contributed by atoms with Crippen molar-refractivity contribution in [2.75, 3.05) is 0 Å². The lowest BCUT2D eigenvalue weighted by Gasteiger charge is -2.10. The number of furan rings is 1. The Balaban J connectivity index is 1.09. The monoisotopic (exact) mass is 697 g/mol. The van der Waals surface area contributed by atoms with Gasteiger partial charge in [0.25, 0.3) is 0 Å². The van der Waals surface area contributed by atoms with E-state index in [1.165, 1.54) is 4.70 Å². The fourth-order valence-corrected chi connectivity index (χ4v) is 8.59. The summed E-state index contributed by atoms with van der Waals surface area (Å²) in [5.41, 5.74) is 8.59. The molecule has 0 unspecified atom stereocenters. The largest absolute Gasteiger partial charge is 0.456 e. The zero-order valence-corrected chi connectivity index (χ0v) is 29.0. The normalized spacial score (nSPS) is 11.8. The van der Waals surface area contributed by atoms with Gasteiger partial charge in [0.15, 0.2) is 17.5 Å². The molecule has 0 fully saturated rings. The minimum Gasteiger partial charge on any atom is -0.456 e. The second-order valence-corrected chi connectivity index (χ2v) is 14.2. The Kier molecular flexibility index (Phi) is 6.62. The van der Waals surface area contributed by atoms with Crippen LogP contribution in [0.3, 0.4) is 0 Å². The first-order chi connectivity index (χ1) is 26.2. The smallest absolute Gasteiger partial charge is 0.164 e. The topological polar surface area (TPSA) is 69.6 Å². The first-order valence-electron chi connectivity index (χ1n) is 17.5. The minimum absolute atomic E-state index is 0.592. The predicted molar refractivity (Wildman–Crippen MR) is 216 cm³/mol. The quantitative estimate of drug-likeness (QED) is 0.179. The second-order valence-electron chi connectivity index (χ2n) is 13.1. The molecule has 0 aliphatic rings. The minimum atomic E-state index is 0.592. The average Bonchev–Trinajstić information content (AvgIpc) is 3.92. The Morgan fingerprint density at radius 2 is 1.15 bits per heavy atom. The third kappa shape index (κ3) is 4.86. The van der Waals surface area contributed by atoms with E-state index in [0.717, 1.165) is 82.2 Å². The van der Waals surface area contributed by atoms with Gasteiger partial charge in [-0.3, -0.25) is 4.57 Å². The van der Waals surface area contributed by atoms with Gasteiger partial charge in [-0.05, 0) is 54.6 Å². The maximum atomic E-state index is 6.26. The SMILES string of the molecule is c1ccc(-c2nc(-c3ccc4c(c3)oc3ccccc34)nc(-c3cccc4sc5cc(-c6nc7ccccc7n6-c6ccccc6)ccc5c34)n2)cc1. The molecule has 53 heavy (non-hydrogen) atoms.